The summed E-state index contributed by atoms with van der Waals surface area (Å²) >= 11 is 1.58. The van der Waals surface area contributed by atoms with E-state index in [0.717, 1.165) is 11.3 Å². The average molecular weight is 231 g/mol. The van der Waals surface area contributed by atoms with E-state index in [0.29, 0.717) is 17.4 Å². The van der Waals surface area contributed by atoms with Crippen molar-refractivity contribution in [1.82, 2.24) is 14.8 Å². The van der Waals surface area contributed by atoms with Gasteiger partial charge in [-0.3, -0.25) is 4.79 Å². The van der Waals surface area contributed by atoms with E-state index in [1.54, 1.807) is 11.8 Å². The summed E-state index contributed by atoms with van der Waals surface area (Å²) in [6.45, 7) is 0. The first kappa shape index (κ1) is 9.59. The molecule has 3 rings (SSSR count). The van der Waals surface area contributed by atoms with E-state index < -0.39 is 0 Å². The molecule has 5 heteroatoms. The Kier molecular flexibility index (Phi) is 2.25. The predicted molar refractivity (Wildman–Crippen MR) is 61.4 cm³/mol. The zero-order valence-corrected chi connectivity index (χ0v) is 9.28. The Morgan fingerprint density at radius 2 is 2.06 bits per heavy atom. The Labute approximate surface area is 96.7 Å². The number of carbonyl (C=O) groups excluding carboxylic acids is 1. The van der Waals surface area contributed by atoms with Gasteiger partial charge in [-0.25, -0.2) is 4.98 Å². The van der Waals surface area contributed by atoms with E-state index in [1.807, 2.05) is 30.3 Å². The van der Waals surface area contributed by atoms with Crippen molar-refractivity contribution >= 4 is 17.7 Å². The SMILES string of the molecule is O=C1CCSc2nc(-c3ccccc3)nn21. The van der Waals surface area contributed by atoms with Crippen molar-refractivity contribution < 1.29 is 4.79 Å². The van der Waals surface area contributed by atoms with E-state index in [1.165, 1.54) is 4.68 Å². The minimum atomic E-state index is 0.0310. The highest BCUT2D eigenvalue weighted by Crippen LogP contribution is 2.25. The standard InChI is InChI=1S/C11H9N3OS/c15-9-6-7-16-11-12-10(13-14(9)11)8-4-2-1-3-5-8/h1-5H,6-7H2. The number of rotatable bonds is 1. The molecule has 1 aromatic carbocycles. The fourth-order valence-corrected chi connectivity index (χ4v) is 2.47. The number of carbonyl (C=O) groups is 1. The molecule has 4 nitrogen and oxygen atoms in total. The van der Waals surface area contributed by atoms with Gasteiger partial charge in [-0.15, -0.1) is 5.10 Å². The van der Waals surface area contributed by atoms with Gasteiger partial charge in [0.15, 0.2) is 11.0 Å². The number of nitrogens with zero attached hydrogens (tertiary/aromatic N) is 3. The van der Waals surface area contributed by atoms with Crippen LogP contribution in [0.15, 0.2) is 35.5 Å². The van der Waals surface area contributed by atoms with E-state index in [9.17, 15) is 4.79 Å². The number of thioether (sulfide) groups is 1. The molecular formula is C11H9N3OS. The zero-order valence-electron chi connectivity index (χ0n) is 8.46. The van der Waals surface area contributed by atoms with Crippen LogP contribution in [0.25, 0.3) is 11.4 Å². The highest BCUT2D eigenvalue weighted by molar-refractivity contribution is 7.99. The molecule has 0 saturated heterocycles. The molecule has 0 unspecified atom stereocenters. The van der Waals surface area contributed by atoms with Crippen LogP contribution in [0.4, 0.5) is 0 Å². The van der Waals surface area contributed by atoms with Crippen LogP contribution in [0.1, 0.15) is 11.2 Å². The van der Waals surface area contributed by atoms with Gasteiger partial charge in [0.1, 0.15) is 0 Å². The summed E-state index contributed by atoms with van der Waals surface area (Å²) in [5.41, 5.74) is 0.942. The highest BCUT2D eigenvalue weighted by Gasteiger charge is 2.21. The Balaban J connectivity index is 2.08. The first-order valence-electron chi connectivity index (χ1n) is 5.03. The first-order chi connectivity index (χ1) is 7.84. The topological polar surface area (TPSA) is 47.8 Å². The van der Waals surface area contributed by atoms with Gasteiger partial charge in [0.2, 0.25) is 5.91 Å². The Hall–Kier alpha value is -1.62. The minimum absolute atomic E-state index is 0.0310. The highest BCUT2D eigenvalue weighted by atomic mass is 32.2. The van der Waals surface area contributed by atoms with Crippen molar-refractivity contribution in [3.05, 3.63) is 30.3 Å². The summed E-state index contributed by atoms with van der Waals surface area (Å²) < 4.78 is 1.41. The Morgan fingerprint density at radius 1 is 1.25 bits per heavy atom. The maximum Gasteiger partial charge on any atom is 0.250 e. The van der Waals surface area contributed by atoms with Gasteiger partial charge >= 0.3 is 0 Å². The third kappa shape index (κ3) is 1.53. The molecule has 0 atom stereocenters. The van der Waals surface area contributed by atoms with Crippen molar-refractivity contribution in [2.75, 3.05) is 5.75 Å². The molecule has 80 valence electrons. The summed E-state index contributed by atoms with van der Waals surface area (Å²) in [6.07, 6.45) is 0.537. The monoisotopic (exact) mass is 231 g/mol. The fourth-order valence-electron chi connectivity index (χ4n) is 1.60. The van der Waals surface area contributed by atoms with Crippen LogP contribution in [0.3, 0.4) is 0 Å². The van der Waals surface area contributed by atoms with Crippen molar-refractivity contribution in [3.63, 3.8) is 0 Å². The summed E-state index contributed by atoms with van der Waals surface area (Å²) in [5, 5.41) is 4.94. The molecular weight excluding hydrogens is 222 g/mol. The summed E-state index contributed by atoms with van der Waals surface area (Å²) in [4.78, 5) is 15.9. The molecule has 0 aliphatic carbocycles. The second-order valence-corrected chi connectivity index (χ2v) is 4.55. The van der Waals surface area contributed by atoms with Gasteiger partial charge in [-0.05, 0) is 0 Å². The molecule has 1 aliphatic rings. The number of hydrogen-bond acceptors (Lipinski definition) is 4. The van der Waals surface area contributed by atoms with Crippen LogP contribution >= 0.6 is 11.8 Å². The van der Waals surface area contributed by atoms with Crippen molar-refractivity contribution in [2.45, 2.75) is 11.6 Å². The molecule has 0 spiro atoms. The van der Waals surface area contributed by atoms with Gasteiger partial charge < -0.3 is 0 Å². The summed E-state index contributed by atoms with van der Waals surface area (Å²) in [5.74, 6) is 1.45. The third-order valence-electron chi connectivity index (χ3n) is 2.39. The summed E-state index contributed by atoms with van der Waals surface area (Å²) in [7, 11) is 0. The minimum Gasteiger partial charge on any atom is -0.272 e. The van der Waals surface area contributed by atoms with Crippen LogP contribution in [-0.4, -0.2) is 26.4 Å². The fraction of sp³-hybridized carbons (Fsp3) is 0.182. The lowest BCUT2D eigenvalue weighted by Crippen LogP contribution is -2.18. The number of fused-ring (bicyclic) bond motifs is 1. The number of hydrogen-bond donors (Lipinski definition) is 0. The van der Waals surface area contributed by atoms with Gasteiger partial charge in [-0.1, -0.05) is 42.1 Å². The molecule has 0 amide bonds. The molecule has 1 aromatic heterocycles. The molecule has 0 fully saturated rings. The molecule has 2 heterocycles. The average Bonchev–Trinajstić information content (AvgIpc) is 2.76. The van der Waals surface area contributed by atoms with Crippen LogP contribution in [0.2, 0.25) is 0 Å². The second-order valence-electron chi connectivity index (χ2n) is 3.49. The summed E-state index contributed by atoms with van der Waals surface area (Å²) in [6, 6.07) is 9.70. The van der Waals surface area contributed by atoms with Crippen LogP contribution in [-0.2, 0) is 0 Å². The second kappa shape index (κ2) is 3.75. The van der Waals surface area contributed by atoms with Gasteiger partial charge in [-0.2, -0.15) is 4.68 Å². The van der Waals surface area contributed by atoms with E-state index in [-0.39, 0.29) is 5.91 Å². The van der Waals surface area contributed by atoms with Crippen LogP contribution in [0, 0.1) is 0 Å². The lowest BCUT2D eigenvalue weighted by atomic mass is 10.2. The van der Waals surface area contributed by atoms with Crippen molar-refractivity contribution in [1.29, 1.82) is 0 Å². The third-order valence-corrected chi connectivity index (χ3v) is 3.32. The van der Waals surface area contributed by atoms with E-state index in [4.69, 9.17) is 0 Å². The van der Waals surface area contributed by atoms with E-state index in [2.05, 4.69) is 10.1 Å². The normalized spacial score (nSPS) is 14.9. The number of aromatic nitrogens is 3. The van der Waals surface area contributed by atoms with Crippen LogP contribution < -0.4 is 0 Å². The quantitative estimate of drug-likeness (QED) is 0.754. The lowest BCUT2D eigenvalue weighted by Gasteiger charge is -2.07. The number of benzene rings is 1. The maximum absolute atomic E-state index is 11.6. The predicted octanol–water partition coefficient (Wildman–Crippen LogP) is 2.08. The Bertz CT molecular complexity index is 535. The maximum atomic E-state index is 11.6. The molecule has 2 aromatic rings. The first-order valence-corrected chi connectivity index (χ1v) is 6.01. The molecule has 0 bridgehead atoms. The Morgan fingerprint density at radius 3 is 2.81 bits per heavy atom. The molecule has 0 saturated carbocycles. The van der Waals surface area contributed by atoms with Gasteiger partial charge in [0.25, 0.3) is 0 Å². The zero-order chi connectivity index (χ0) is 11.0. The van der Waals surface area contributed by atoms with Gasteiger partial charge in [0, 0.05) is 17.7 Å². The molecule has 1 aliphatic heterocycles. The largest absolute Gasteiger partial charge is 0.272 e. The molecule has 0 radical (unpaired) electrons. The van der Waals surface area contributed by atoms with E-state index >= 15 is 0 Å². The smallest absolute Gasteiger partial charge is 0.250 e. The lowest BCUT2D eigenvalue weighted by molar-refractivity contribution is 0.0878. The van der Waals surface area contributed by atoms with Gasteiger partial charge in [0.05, 0.1) is 0 Å². The molecule has 0 N–H and O–H groups in total. The molecule has 16 heavy (non-hydrogen) atoms. The van der Waals surface area contributed by atoms with Crippen molar-refractivity contribution in [3.8, 4) is 11.4 Å². The van der Waals surface area contributed by atoms with Crippen molar-refractivity contribution in [2.24, 2.45) is 0 Å². The van der Waals surface area contributed by atoms with Crippen LogP contribution in [0.5, 0.6) is 0 Å².